The zero-order valence-electron chi connectivity index (χ0n) is 18.5. The van der Waals surface area contributed by atoms with Gasteiger partial charge in [0.25, 0.3) is 16.7 Å². The number of ether oxygens (including phenoxy) is 1. The van der Waals surface area contributed by atoms with Crippen molar-refractivity contribution in [2.24, 2.45) is 0 Å². The zero-order chi connectivity index (χ0) is 25.4. The minimum absolute atomic E-state index is 0.0568. The lowest BCUT2D eigenvalue weighted by molar-refractivity contribution is 0.0932. The van der Waals surface area contributed by atoms with Crippen molar-refractivity contribution in [3.8, 4) is 5.75 Å². The van der Waals surface area contributed by atoms with Crippen LogP contribution in [0.2, 0.25) is 4.34 Å². The molecule has 3 N–H and O–H groups in total. The number of thiophene rings is 1. The molecule has 2 aromatic carbocycles. The second kappa shape index (κ2) is 9.72. The summed E-state index contributed by atoms with van der Waals surface area (Å²) in [6.45, 7) is -0.0568. The molecule has 0 radical (unpaired) electrons. The van der Waals surface area contributed by atoms with Crippen LogP contribution in [0.15, 0.2) is 53.1 Å². The summed E-state index contributed by atoms with van der Waals surface area (Å²) < 4.78 is 25.4. The Morgan fingerprint density at radius 3 is 2.69 bits per heavy atom. The lowest BCUT2D eigenvalue weighted by atomic mass is 10.1. The third-order valence-corrected chi connectivity index (χ3v) is 6.96. The number of halogens is 2. The molecule has 0 fully saturated rings. The minimum atomic E-state index is -0.666. The maximum atomic E-state index is 14.2. The summed E-state index contributed by atoms with van der Waals surface area (Å²) in [7, 11) is 1.58. The summed E-state index contributed by atoms with van der Waals surface area (Å²) in [6, 6.07) is 11.8. The summed E-state index contributed by atoms with van der Waals surface area (Å²) >= 11 is 12.3. The van der Waals surface area contributed by atoms with Gasteiger partial charge in [-0.05, 0) is 54.7 Å². The predicted molar refractivity (Wildman–Crippen MR) is 135 cm³/mol. The molecule has 184 valence electrons. The number of nitrogens with one attached hydrogen (secondary N) is 3. The van der Waals surface area contributed by atoms with Crippen LogP contribution in [0, 0.1) is 10.7 Å². The van der Waals surface area contributed by atoms with Crippen LogP contribution in [0.25, 0.3) is 0 Å². The molecule has 9 nitrogen and oxygen atoms in total. The van der Waals surface area contributed by atoms with E-state index in [1.165, 1.54) is 22.3 Å². The molecule has 4 aromatic rings. The van der Waals surface area contributed by atoms with Gasteiger partial charge in [-0.15, -0.1) is 11.3 Å². The molecule has 2 aromatic heterocycles. The van der Waals surface area contributed by atoms with Crippen LogP contribution < -0.4 is 20.3 Å². The number of anilines is 2. The Morgan fingerprint density at radius 2 is 2.06 bits per heavy atom. The molecule has 0 bridgehead atoms. The van der Waals surface area contributed by atoms with Crippen LogP contribution in [0.5, 0.6) is 5.75 Å². The number of fused-ring (bicyclic) bond motifs is 1. The van der Waals surface area contributed by atoms with Crippen LogP contribution in [0.3, 0.4) is 0 Å². The zero-order valence-corrected chi connectivity index (χ0v) is 20.9. The van der Waals surface area contributed by atoms with Gasteiger partial charge in [0.2, 0.25) is 0 Å². The van der Waals surface area contributed by atoms with Gasteiger partial charge in [0, 0.05) is 29.2 Å². The van der Waals surface area contributed by atoms with Crippen molar-refractivity contribution in [2.75, 3.05) is 24.0 Å². The number of hydrogen-bond acceptors (Lipinski definition) is 8. The summed E-state index contributed by atoms with van der Waals surface area (Å²) in [5.41, 5.74) is 1.18. The maximum absolute atomic E-state index is 14.2. The molecular weight excluding hydrogens is 529 g/mol. The Morgan fingerprint density at radius 1 is 1.28 bits per heavy atom. The van der Waals surface area contributed by atoms with Gasteiger partial charge in [-0.3, -0.25) is 19.5 Å². The van der Waals surface area contributed by atoms with Gasteiger partial charge in [0.1, 0.15) is 17.6 Å². The first-order valence-electron chi connectivity index (χ1n) is 10.5. The highest BCUT2D eigenvalue weighted by Gasteiger charge is 2.29. The van der Waals surface area contributed by atoms with Gasteiger partial charge in [0.15, 0.2) is 12.6 Å². The first kappa shape index (κ1) is 24.0. The van der Waals surface area contributed by atoms with Crippen molar-refractivity contribution < 1.29 is 23.2 Å². The largest absolute Gasteiger partial charge is 0.472 e. The molecule has 0 saturated heterocycles. The first-order valence-corrected chi connectivity index (χ1v) is 12.1. The molecular formula is C23H17ClFN5O4S2. The molecule has 36 heavy (non-hydrogen) atoms. The number of aromatic nitrogens is 2. The van der Waals surface area contributed by atoms with Crippen molar-refractivity contribution in [1.29, 1.82) is 0 Å². The second-order valence-corrected chi connectivity index (χ2v) is 9.78. The first-order chi connectivity index (χ1) is 17.3. The summed E-state index contributed by atoms with van der Waals surface area (Å²) in [5, 5.41) is 9.50. The topological polar surface area (TPSA) is 112 Å². The van der Waals surface area contributed by atoms with E-state index in [0.717, 1.165) is 10.9 Å². The van der Waals surface area contributed by atoms with E-state index in [1.54, 1.807) is 43.4 Å². The van der Waals surface area contributed by atoms with Crippen LogP contribution in [0.1, 0.15) is 37.5 Å². The molecule has 1 aliphatic rings. The van der Waals surface area contributed by atoms with Gasteiger partial charge in [-0.1, -0.05) is 16.8 Å². The highest BCUT2D eigenvalue weighted by Crippen LogP contribution is 2.33. The number of rotatable bonds is 6. The Balaban J connectivity index is 1.35. The molecule has 2 amide bonds. The third-order valence-electron chi connectivity index (χ3n) is 5.49. The minimum Gasteiger partial charge on any atom is -0.472 e. The highest BCUT2D eigenvalue weighted by atomic mass is 35.5. The number of nitrogens with zero attached hydrogens (tertiary/aromatic N) is 2. The van der Waals surface area contributed by atoms with E-state index in [9.17, 15) is 14.0 Å². The number of carbonyl (C=O) groups excluding carboxylic acids is 2. The van der Waals surface area contributed by atoms with Crippen molar-refractivity contribution >= 4 is 58.3 Å². The quantitative estimate of drug-likeness (QED) is 0.287. The van der Waals surface area contributed by atoms with E-state index in [2.05, 4.69) is 20.8 Å². The Labute approximate surface area is 217 Å². The number of amides is 2. The Kier molecular flexibility index (Phi) is 6.48. The number of aromatic amines is 1. The standard InChI is InChI=1S/C23H17ClFN5O4S2/c1-26-15-9-16-13(8-14(15)25)22(32)30(10-33-16)12-4-2-11(3-5-12)21(31)27-19(17-6-7-18(24)36-17)20-28-23(35)34-29-20/h2-9,19,26H,10H2,1H3,(H,27,31)(H,28,29,35). The van der Waals surface area contributed by atoms with Crippen LogP contribution in [0.4, 0.5) is 15.8 Å². The Bertz CT molecular complexity index is 1520. The SMILES string of the molecule is CNc1cc2c(cc1F)C(=O)N(c1ccc(C(=O)NC(c3noc(=S)[nH]3)c3ccc(Cl)s3)cc1)CO2. The van der Waals surface area contributed by atoms with Crippen LogP contribution in [-0.4, -0.2) is 35.7 Å². The van der Waals surface area contributed by atoms with Crippen LogP contribution in [-0.2, 0) is 0 Å². The van der Waals surface area contributed by atoms with E-state index < -0.39 is 23.7 Å². The fourth-order valence-corrected chi connectivity index (χ4v) is 4.95. The molecule has 3 heterocycles. The molecule has 0 saturated carbocycles. The lowest BCUT2D eigenvalue weighted by Gasteiger charge is -2.29. The maximum Gasteiger partial charge on any atom is 0.294 e. The predicted octanol–water partition coefficient (Wildman–Crippen LogP) is 5.14. The molecule has 1 atom stereocenters. The average molecular weight is 546 g/mol. The van der Waals surface area contributed by atoms with Crippen LogP contribution >= 0.6 is 35.2 Å². The van der Waals surface area contributed by atoms with Gasteiger partial charge in [-0.25, -0.2) is 4.39 Å². The lowest BCUT2D eigenvalue weighted by Crippen LogP contribution is -2.38. The van der Waals surface area contributed by atoms with Crippen molar-refractivity contribution in [2.45, 2.75) is 6.04 Å². The molecule has 13 heteroatoms. The molecule has 5 rings (SSSR count). The number of benzene rings is 2. The van der Waals surface area contributed by atoms with E-state index in [0.29, 0.717) is 27.2 Å². The van der Waals surface area contributed by atoms with Gasteiger partial charge in [0.05, 0.1) is 15.6 Å². The fourth-order valence-electron chi connectivity index (χ4n) is 3.69. The monoisotopic (exact) mass is 545 g/mol. The van der Waals surface area contributed by atoms with E-state index in [1.807, 2.05) is 0 Å². The molecule has 0 spiro atoms. The van der Waals surface area contributed by atoms with Gasteiger partial charge in [-0.2, -0.15) is 0 Å². The third kappa shape index (κ3) is 4.57. The van der Waals surface area contributed by atoms with E-state index in [4.69, 9.17) is 33.1 Å². The highest BCUT2D eigenvalue weighted by molar-refractivity contribution is 7.71. The van der Waals surface area contributed by atoms with E-state index in [-0.39, 0.29) is 22.8 Å². The number of H-pyrrole nitrogens is 1. The van der Waals surface area contributed by atoms with Gasteiger partial charge >= 0.3 is 0 Å². The summed E-state index contributed by atoms with van der Waals surface area (Å²) in [4.78, 5) is 31.0. The normalized spacial score (nSPS) is 13.6. The number of hydrogen-bond donors (Lipinski definition) is 3. The fraction of sp³-hybridized carbons (Fsp3) is 0.130. The van der Waals surface area contributed by atoms with Crippen molar-refractivity contribution in [1.82, 2.24) is 15.5 Å². The van der Waals surface area contributed by atoms with Crippen molar-refractivity contribution in [3.63, 3.8) is 0 Å². The molecule has 1 unspecified atom stereocenters. The van der Waals surface area contributed by atoms with Crippen molar-refractivity contribution in [3.05, 3.63) is 85.4 Å². The summed E-state index contributed by atoms with van der Waals surface area (Å²) in [5.74, 6) is -0.745. The Hall–Kier alpha value is -3.74. The molecule has 0 aliphatic carbocycles. The number of carbonyl (C=O) groups is 2. The molecule has 1 aliphatic heterocycles. The smallest absolute Gasteiger partial charge is 0.294 e. The second-order valence-electron chi connectivity index (χ2n) is 7.66. The van der Waals surface area contributed by atoms with E-state index >= 15 is 0 Å². The van der Waals surface area contributed by atoms with Gasteiger partial charge < -0.3 is 19.9 Å². The summed E-state index contributed by atoms with van der Waals surface area (Å²) in [6.07, 6.45) is 0. The average Bonchev–Trinajstić information content (AvgIpc) is 3.51.